The highest BCUT2D eigenvalue weighted by Crippen LogP contribution is 2.27. The second-order valence-corrected chi connectivity index (χ2v) is 5.96. The maximum Gasteiger partial charge on any atom is 0.319 e. The second kappa shape index (κ2) is 8.81. The number of rotatable bonds is 7. The van der Waals surface area contributed by atoms with Crippen LogP contribution in [0.3, 0.4) is 0 Å². The number of aromatic nitrogens is 2. The molecule has 3 N–H and O–H groups in total. The van der Waals surface area contributed by atoms with Crippen LogP contribution in [0.15, 0.2) is 12.4 Å². The largest absolute Gasteiger partial charge is 0.396 e. The minimum atomic E-state index is -2.49. The van der Waals surface area contributed by atoms with Crippen molar-refractivity contribution in [2.45, 2.75) is 57.5 Å². The Kier molecular flexibility index (Phi) is 6.76. The van der Waals surface area contributed by atoms with Gasteiger partial charge >= 0.3 is 6.03 Å². The Morgan fingerprint density at radius 2 is 2.13 bits per heavy atom. The van der Waals surface area contributed by atoms with Crippen LogP contribution in [0.25, 0.3) is 0 Å². The molecule has 23 heavy (non-hydrogen) atoms. The van der Waals surface area contributed by atoms with Crippen LogP contribution in [0.1, 0.15) is 38.5 Å². The van der Waals surface area contributed by atoms with Crippen molar-refractivity contribution in [1.82, 2.24) is 15.1 Å². The van der Waals surface area contributed by atoms with Gasteiger partial charge in [-0.1, -0.05) is 19.3 Å². The van der Waals surface area contributed by atoms with E-state index < -0.39 is 19.0 Å². The molecule has 0 spiro atoms. The number of urea groups is 1. The molecule has 2 amide bonds. The van der Waals surface area contributed by atoms with Crippen molar-refractivity contribution in [3.63, 3.8) is 0 Å². The first kappa shape index (κ1) is 17.7. The lowest BCUT2D eigenvalue weighted by molar-refractivity contribution is 0.122. The molecule has 0 aromatic carbocycles. The first-order valence-electron chi connectivity index (χ1n) is 8.07. The molecule has 0 radical (unpaired) electrons. The fourth-order valence-electron chi connectivity index (χ4n) is 3.11. The zero-order valence-corrected chi connectivity index (χ0v) is 13.0. The number of nitrogens with zero attached hydrogens (tertiary/aromatic N) is 2. The Balaban J connectivity index is 1.86. The summed E-state index contributed by atoms with van der Waals surface area (Å²) in [6, 6.07) is -0.470. The number of aliphatic hydroxyl groups excluding tert-OH is 1. The van der Waals surface area contributed by atoms with Crippen LogP contribution in [0.2, 0.25) is 0 Å². The summed E-state index contributed by atoms with van der Waals surface area (Å²) in [4.78, 5) is 12.1. The standard InChI is InChI=1S/C15H24F2N4O2/c16-14(17)10-21-9-12(8-18-21)19-15(23)20-13(6-7-22)11-4-2-1-3-5-11/h8-9,11,13-14,22H,1-7,10H2,(H2,19,20,23). The molecule has 1 aliphatic rings. The normalized spacial score (nSPS) is 17.2. The maximum absolute atomic E-state index is 12.3. The van der Waals surface area contributed by atoms with Gasteiger partial charge in [-0.05, 0) is 25.2 Å². The summed E-state index contributed by atoms with van der Waals surface area (Å²) < 4.78 is 25.6. The highest BCUT2D eigenvalue weighted by molar-refractivity contribution is 5.89. The third-order valence-electron chi connectivity index (χ3n) is 4.19. The van der Waals surface area contributed by atoms with Gasteiger partial charge in [-0.2, -0.15) is 5.10 Å². The van der Waals surface area contributed by atoms with Gasteiger partial charge in [0.15, 0.2) is 0 Å². The van der Waals surface area contributed by atoms with Crippen molar-refractivity contribution in [2.24, 2.45) is 5.92 Å². The minimum Gasteiger partial charge on any atom is -0.396 e. The Hall–Kier alpha value is -1.70. The van der Waals surface area contributed by atoms with Crippen molar-refractivity contribution in [1.29, 1.82) is 0 Å². The smallest absolute Gasteiger partial charge is 0.319 e. The van der Waals surface area contributed by atoms with Gasteiger partial charge in [0.2, 0.25) is 0 Å². The Bertz CT molecular complexity index is 490. The topological polar surface area (TPSA) is 79.2 Å². The number of aliphatic hydroxyl groups is 1. The van der Waals surface area contributed by atoms with Gasteiger partial charge in [0.25, 0.3) is 6.43 Å². The molecule has 8 heteroatoms. The molecule has 1 unspecified atom stereocenters. The highest BCUT2D eigenvalue weighted by atomic mass is 19.3. The number of amides is 2. The zero-order valence-electron chi connectivity index (χ0n) is 13.0. The van der Waals surface area contributed by atoms with E-state index in [9.17, 15) is 18.7 Å². The van der Waals surface area contributed by atoms with E-state index in [0.29, 0.717) is 18.0 Å². The summed E-state index contributed by atoms with van der Waals surface area (Å²) in [6.07, 6.45) is 6.36. The molecule has 1 heterocycles. The number of alkyl halides is 2. The molecule has 1 atom stereocenters. The molecule has 1 fully saturated rings. The van der Waals surface area contributed by atoms with Crippen LogP contribution < -0.4 is 10.6 Å². The van der Waals surface area contributed by atoms with Crippen LogP contribution in [0.5, 0.6) is 0 Å². The fraction of sp³-hybridized carbons (Fsp3) is 0.733. The van der Waals surface area contributed by atoms with Crippen molar-refractivity contribution in [3.8, 4) is 0 Å². The number of carbonyl (C=O) groups is 1. The molecule has 0 saturated heterocycles. The van der Waals surface area contributed by atoms with E-state index in [0.717, 1.165) is 30.4 Å². The lowest BCUT2D eigenvalue weighted by Gasteiger charge is -2.30. The van der Waals surface area contributed by atoms with Gasteiger partial charge in [-0.15, -0.1) is 0 Å². The third-order valence-corrected chi connectivity index (χ3v) is 4.19. The van der Waals surface area contributed by atoms with Crippen molar-refractivity contribution < 1.29 is 18.7 Å². The van der Waals surface area contributed by atoms with E-state index in [1.165, 1.54) is 18.8 Å². The van der Waals surface area contributed by atoms with Crippen LogP contribution in [0, 0.1) is 5.92 Å². The predicted octanol–water partition coefficient (Wildman–Crippen LogP) is 2.60. The molecular weight excluding hydrogens is 306 g/mol. The van der Waals surface area contributed by atoms with Crippen LogP contribution >= 0.6 is 0 Å². The van der Waals surface area contributed by atoms with Gasteiger partial charge in [0.05, 0.1) is 11.9 Å². The second-order valence-electron chi connectivity index (χ2n) is 5.96. The number of halogens is 2. The number of hydrogen-bond acceptors (Lipinski definition) is 3. The highest BCUT2D eigenvalue weighted by Gasteiger charge is 2.24. The molecule has 130 valence electrons. The summed E-state index contributed by atoms with van der Waals surface area (Å²) in [5, 5.41) is 18.5. The summed E-state index contributed by atoms with van der Waals surface area (Å²) in [5.74, 6) is 0.378. The van der Waals surface area contributed by atoms with E-state index in [2.05, 4.69) is 15.7 Å². The Morgan fingerprint density at radius 1 is 1.39 bits per heavy atom. The van der Waals surface area contributed by atoms with E-state index in [1.54, 1.807) is 0 Å². The van der Waals surface area contributed by atoms with E-state index >= 15 is 0 Å². The number of nitrogens with one attached hydrogen (secondary N) is 2. The number of carbonyl (C=O) groups excluding carboxylic acids is 1. The fourth-order valence-corrected chi connectivity index (χ4v) is 3.11. The van der Waals surface area contributed by atoms with Crippen molar-refractivity contribution in [3.05, 3.63) is 12.4 Å². The van der Waals surface area contributed by atoms with Crippen LogP contribution in [0.4, 0.5) is 19.3 Å². The van der Waals surface area contributed by atoms with E-state index in [4.69, 9.17) is 0 Å². The Labute approximate surface area is 134 Å². The maximum atomic E-state index is 12.3. The Morgan fingerprint density at radius 3 is 2.78 bits per heavy atom. The quantitative estimate of drug-likeness (QED) is 0.719. The monoisotopic (exact) mass is 330 g/mol. The van der Waals surface area contributed by atoms with Crippen LogP contribution in [-0.2, 0) is 6.54 Å². The third kappa shape index (κ3) is 5.78. The lowest BCUT2D eigenvalue weighted by atomic mass is 9.83. The molecular formula is C15H24F2N4O2. The number of hydrogen-bond donors (Lipinski definition) is 3. The number of anilines is 1. The molecule has 2 rings (SSSR count). The lowest BCUT2D eigenvalue weighted by Crippen LogP contribution is -2.43. The molecule has 1 aromatic heterocycles. The minimum absolute atomic E-state index is 0.0216. The molecule has 1 aromatic rings. The molecule has 1 saturated carbocycles. The first-order chi connectivity index (χ1) is 11.1. The predicted molar refractivity (Wildman–Crippen MR) is 82.5 cm³/mol. The van der Waals surface area contributed by atoms with Crippen molar-refractivity contribution in [2.75, 3.05) is 11.9 Å². The molecule has 0 aliphatic heterocycles. The molecule has 0 bridgehead atoms. The van der Waals surface area contributed by atoms with Crippen molar-refractivity contribution >= 4 is 11.7 Å². The van der Waals surface area contributed by atoms with Crippen LogP contribution in [-0.4, -0.2) is 40.0 Å². The average molecular weight is 330 g/mol. The van der Waals surface area contributed by atoms with E-state index in [-0.39, 0.29) is 12.6 Å². The van der Waals surface area contributed by atoms with Gasteiger partial charge in [0.1, 0.15) is 6.54 Å². The summed E-state index contributed by atoms with van der Waals surface area (Å²) >= 11 is 0. The summed E-state index contributed by atoms with van der Waals surface area (Å²) in [5.41, 5.74) is 0.370. The zero-order chi connectivity index (χ0) is 16.7. The van der Waals surface area contributed by atoms with Gasteiger partial charge in [-0.25, -0.2) is 13.6 Å². The average Bonchev–Trinajstić information content (AvgIpc) is 2.93. The van der Waals surface area contributed by atoms with Gasteiger partial charge < -0.3 is 15.7 Å². The molecule has 1 aliphatic carbocycles. The summed E-state index contributed by atoms with van der Waals surface area (Å²) in [6.45, 7) is -0.480. The SMILES string of the molecule is O=C(Nc1cnn(CC(F)F)c1)NC(CCO)C1CCCCC1. The summed E-state index contributed by atoms with van der Waals surface area (Å²) in [7, 11) is 0. The first-order valence-corrected chi connectivity index (χ1v) is 8.07. The van der Waals surface area contributed by atoms with Gasteiger partial charge in [-0.3, -0.25) is 4.68 Å². The van der Waals surface area contributed by atoms with E-state index in [1.807, 2.05) is 0 Å². The van der Waals surface area contributed by atoms with Gasteiger partial charge in [0, 0.05) is 18.8 Å². The molecule has 6 nitrogen and oxygen atoms in total.